The van der Waals surface area contributed by atoms with Crippen LogP contribution >= 0.6 is 27.5 Å². The summed E-state index contributed by atoms with van der Waals surface area (Å²) < 4.78 is 6.32. The molecule has 0 aromatic heterocycles. The number of benzene rings is 2. The van der Waals surface area contributed by atoms with Gasteiger partial charge in [-0.2, -0.15) is 0 Å². The van der Waals surface area contributed by atoms with Gasteiger partial charge in [0.2, 0.25) is 0 Å². The van der Waals surface area contributed by atoms with Crippen molar-refractivity contribution in [2.75, 3.05) is 6.61 Å². The van der Waals surface area contributed by atoms with Gasteiger partial charge < -0.3 is 10.1 Å². The lowest BCUT2D eigenvalue weighted by atomic mass is 10.1. The van der Waals surface area contributed by atoms with E-state index in [-0.39, 0.29) is 5.91 Å². The quantitative estimate of drug-likeness (QED) is 0.672. The summed E-state index contributed by atoms with van der Waals surface area (Å²) in [4.78, 5) is 12.3. The van der Waals surface area contributed by atoms with Gasteiger partial charge in [0.05, 0.1) is 12.2 Å². The number of carbonyl (C=O) groups excluding carboxylic acids is 1. The van der Waals surface area contributed by atoms with Crippen molar-refractivity contribution >= 4 is 33.4 Å². The second-order valence-electron chi connectivity index (χ2n) is 5.13. The molecular formula is C18H19BrClNO2. The van der Waals surface area contributed by atoms with E-state index in [2.05, 4.69) is 28.2 Å². The predicted octanol–water partition coefficient (Wildman–Crippen LogP) is 4.96. The number of amides is 1. The fourth-order valence-electron chi connectivity index (χ4n) is 2.14. The summed E-state index contributed by atoms with van der Waals surface area (Å²) in [7, 11) is 0. The average Bonchev–Trinajstić information content (AvgIpc) is 2.56. The van der Waals surface area contributed by atoms with Crippen molar-refractivity contribution in [1.29, 1.82) is 0 Å². The number of ether oxygens (including phenoxy) is 1. The molecular weight excluding hydrogens is 378 g/mol. The number of halogens is 2. The van der Waals surface area contributed by atoms with E-state index in [0.717, 1.165) is 28.6 Å². The van der Waals surface area contributed by atoms with E-state index in [1.807, 2.05) is 24.3 Å². The Balaban J connectivity index is 2.03. The molecule has 0 unspecified atom stereocenters. The molecule has 0 saturated carbocycles. The molecule has 0 atom stereocenters. The zero-order valence-corrected chi connectivity index (χ0v) is 15.3. The van der Waals surface area contributed by atoms with Crippen LogP contribution in [0.4, 0.5) is 0 Å². The summed E-state index contributed by atoms with van der Waals surface area (Å²) in [6.07, 6.45) is 0.988. The van der Waals surface area contributed by atoms with Crippen LogP contribution in [0.15, 0.2) is 46.9 Å². The highest BCUT2D eigenvalue weighted by atomic mass is 79.9. The summed E-state index contributed by atoms with van der Waals surface area (Å²) in [5.74, 6) is -0.163. The Kier molecular flexibility index (Phi) is 7.09. The number of rotatable bonds is 7. The summed E-state index contributed by atoms with van der Waals surface area (Å²) in [5, 5.41) is 3.46. The van der Waals surface area contributed by atoms with Gasteiger partial charge in [0.15, 0.2) is 0 Å². The van der Waals surface area contributed by atoms with E-state index in [0.29, 0.717) is 23.7 Å². The van der Waals surface area contributed by atoms with E-state index >= 15 is 0 Å². The number of hydrogen-bond acceptors (Lipinski definition) is 2. The van der Waals surface area contributed by atoms with Crippen LogP contribution in [0.2, 0.25) is 5.02 Å². The number of hydrogen-bond donors (Lipinski definition) is 1. The van der Waals surface area contributed by atoms with Gasteiger partial charge in [0.1, 0.15) is 0 Å². The minimum atomic E-state index is -0.163. The molecule has 1 N–H and O–H groups in total. The fraction of sp³-hybridized carbons (Fsp3) is 0.278. The highest BCUT2D eigenvalue weighted by Gasteiger charge is 2.11. The van der Waals surface area contributed by atoms with E-state index in [1.54, 1.807) is 18.2 Å². The van der Waals surface area contributed by atoms with Crippen LogP contribution < -0.4 is 5.32 Å². The molecule has 0 aliphatic heterocycles. The first kappa shape index (κ1) is 18.0. The van der Waals surface area contributed by atoms with Gasteiger partial charge in [-0.1, -0.05) is 42.8 Å². The van der Waals surface area contributed by atoms with Crippen molar-refractivity contribution in [3.8, 4) is 0 Å². The SMILES string of the molecule is CCCOCc1ccccc1CNC(=O)c1cc(Cl)ccc1Br. The third-order valence-electron chi connectivity index (χ3n) is 3.34. The Morgan fingerprint density at radius 3 is 2.70 bits per heavy atom. The van der Waals surface area contributed by atoms with Crippen molar-refractivity contribution < 1.29 is 9.53 Å². The largest absolute Gasteiger partial charge is 0.377 e. The van der Waals surface area contributed by atoms with Gasteiger partial charge >= 0.3 is 0 Å². The van der Waals surface area contributed by atoms with E-state index in [4.69, 9.17) is 16.3 Å². The van der Waals surface area contributed by atoms with Gasteiger partial charge in [0, 0.05) is 22.6 Å². The molecule has 0 bridgehead atoms. The standard InChI is InChI=1S/C18H19BrClNO2/c1-2-9-23-12-14-6-4-3-5-13(14)11-21-18(22)16-10-15(20)7-8-17(16)19/h3-8,10H,2,9,11-12H2,1H3,(H,21,22). The molecule has 0 aliphatic carbocycles. The first-order valence-corrected chi connectivity index (χ1v) is 8.66. The Bertz CT molecular complexity index is 676. The molecule has 0 saturated heterocycles. The van der Waals surface area contributed by atoms with Crippen molar-refractivity contribution in [3.05, 3.63) is 68.7 Å². The Labute approximate surface area is 150 Å². The molecule has 2 rings (SSSR count). The highest BCUT2D eigenvalue weighted by molar-refractivity contribution is 9.10. The van der Waals surface area contributed by atoms with Crippen molar-refractivity contribution in [3.63, 3.8) is 0 Å². The maximum absolute atomic E-state index is 12.3. The van der Waals surface area contributed by atoms with Crippen molar-refractivity contribution in [1.82, 2.24) is 5.32 Å². The molecule has 122 valence electrons. The molecule has 2 aromatic rings. The molecule has 1 amide bonds. The zero-order chi connectivity index (χ0) is 16.7. The van der Waals surface area contributed by atoms with Crippen LogP contribution in [0, 0.1) is 0 Å². The lowest BCUT2D eigenvalue weighted by molar-refractivity contribution is 0.0948. The van der Waals surface area contributed by atoms with Gasteiger partial charge in [-0.05, 0) is 51.7 Å². The third kappa shape index (κ3) is 5.34. The molecule has 23 heavy (non-hydrogen) atoms. The van der Waals surface area contributed by atoms with E-state index in [1.165, 1.54) is 0 Å². The van der Waals surface area contributed by atoms with E-state index in [9.17, 15) is 4.79 Å². The van der Waals surface area contributed by atoms with Crippen LogP contribution in [0.3, 0.4) is 0 Å². The second-order valence-corrected chi connectivity index (χ2v) is 6.42. The van der Waals surface area contributed by atoms with Crippen LogP contribution in [0.25, 0.3) is 0 Å². The lowest BCUT2D eigenvalue weighted by Gasteiger charge is -2.12. The van der Waals surface area contributed by atoms with Gasteiger partial charge in [-0.15, -0.1) is 0 Å². The Hall–Kier alpha value is -1.36. The minimum absolute atomic E-state index is 0.163. The molecule has 3 nitrogen and oxygen atoms in total. The van der Waals surface area contributed by atoms with Crippen LogP contribution in [0.5, 0.6) is 0 Å². The average molecular weight is 397 g/mol. The summed E-state index contributed by atoms with van der Waals surface area (Å²) >= 11 is 9.33. The molecule has 0 heterocycles. The number of carbonyl (C=O) groups is 1. The molecule has 0 radical (unpaired) electrons. The van der Waals surface area contributed by atoms with E-state index < -0.39 is 0 Å². The normalized spacial score (nSPS) is 10.6. The first-order valence-electron chi connectivity index (χ1n) is 7.49. The topological polar surface area (TPSA) is 38.3 Å². The lowest BCUT2D eigenvalue weighted by Crippen LogP contribution is -2.24. The van der Waals surface area contributed by atoms with Crippen molar-refractivity contribution in [2.45, 2.75) is 26.5 Å². The fourth-order valence-corrected chi connectivity index (χ4v) is 2.74. The smallest absolute Gasteiger partial charge is 0.252 e. The van der Waals surface area contributed by atoms with Gasteiger partial charge in [-0.3, -0.25) is 4.79 Å². The third-order valence-corrected chi connectivity index (χ3v) is 4.26. The molecule has 0 fully saturated rings. The Morgan fingerprint density at radius 2 is 1.96 bits per heavy atom. The second kappa shape index (κ2) is 9.06. The van der Waals surface area contributed by atoms with Crippen LogP contribution in [0.1, 0.15) is 34.8 Å². The summed E-state index contributed by atoms with van der Waals surface area (Å²) in [6, 6.07) is 13.1. The molecule has 0 spiro atoms. The zero-order valence-electron chi connectivity index (χ0n) is 12.9. The summed E-state index contributed by atoms with van der Waals surface area (Å²) in [5.41, 5.74) is 2.67. The predicted molar refractivity (Wildman–Crippen MR) is 96.7 cm³/mol. The monoisotopic (exact) mass is 395 g/mol. The van der Waals surface area contributed by atoms with Gasteiger partial charge in [-0.25, -0.2) is 0 Å². The maximum Gasteiger partial charge on any atom is 0.252 e. The molecule has 5 heteroatoms. The summed E-state index contributed by atoms with van der Waals surface area (Å²) in [6.45, 7) is 3.81. The first-order chi connectivity index (χ1) is 11.1. The van der Waals surface area contributed by atoms with Crippen molar-refractivity contribution in [2.24, 2.45) is 0 Å². The highest BCUT2D eigenvalue weighted by Crippen LogP contribution is 2.21. The van der Waals surface area contributed by atoms with Crippen LogP contribution in [-0.4, -0.2) is 12.5 Å². The minimum Gasteiger partial charge on any atom is -0.377 e. The number of nitrogens with one attached hydrogen (secondary N) is 1. The Morgan fingerprint density at radius 1 is 1.22 bits per heavy atom. The molecule has 0 aliphatic rings. The van der Waals surface area contributed by atoms with Crippen LogP contribution in [-0.2, 0) is 17.9 Å². The van der Waals surface area contributed by atoms with Gasteiger partial charge in [0.25, 0.3) is 5.91 Å². The molecule has 2 aromatic carbocycles. The maximum atomic E-state index is 12.3.